The maximum Gasteiger partial charge on any atom is 0.412 e. The molecule has 0 saturated heterocycles. The van der Waals surface area contributed by atoms with Gasteiger partial charge in [-0.15, -0.1) is 6.58 Å². The van der Waals surface area contributed by atoms with E-state index in [9.17, 15) is 19.4 Å². The molecule has 4 aliphatic rings. The quantitative estimate of drug-likeness (QED) is 0.0380. The molecular weight excluding hydrogens is 874 g/mol. The molecule has 3 aliphatic carbocycles. The molecule has 6 atom stereocenters. The molecule has 11 nitrogen and oxygen atoms in total. The molecule has 0 bridgehead atoms. The fourth-order valence-corrected chi connectivity index (χ4v) is 11.3. The van der Waals surface area contributed by atoms with Crippen LogP contribution in [0.2, 0.25) is 0 Å². The molecule has 1 aliphatic heterocycles. The number of amides is 2. The van der Waals surface area contributed by atoms with E-state index in [1.165, 1.54) is 25.0 Å². The molecule has 0 radical (unpaired) electrons. The Kier molecular flexibility index (Phi) is 17.4. The smallest absolute Gasteiger partial charge is 0.412 e. The van der Waals surface area contributed by atoms with Gasteiger partial charge in [0, 0.05) is 50.6 Å². The molecular formula is C57H68FN3O8. The number of aliphatic hydroxyl groups excluding tert-OH is 2. The van der Waals surface area contributed by atoms with E-state index in [0.29, 0.717) is 48.9 Å². The lowest BCUT2D eigenvalue weighted by atomic mass is 9.55. The maximum absolute atomic E-state index is 15.2. The van der Waals surface area contributed by atoms with Crippen LogP contribution in [-0.4, -0.2) is 64.5 Å². The van der Waals surface area contributed by atoms with Crippen molar-refractivity contribution in [1.82, 2.24) is 10.2 Å². The zero-order valence-electron chi connectivity index (χ0n) is 39.7. The summed E-state index contributed by atoms with van der Waals surface area (Å²) in [5.74, 6) is -1.45. The summed E-state index contributed by atoms with van der Waals surface area (Å²) < 4.78 is 35.1. The molecule has 2 amide bonds. The Morgan fingerprint density at radius 1 is 0.870 bits per heavy atom. The number of hydrogen-bond acceptors (Lipinski definition) is 9. The summed E-state index contributed by atoms with van der Waals surface area (Å²) in [5, 5.41) is 27.9. The van der Waals surface area contributed by atoms with E-state index in [0.717, 1.165) is 72.8 Å². The molecule has 1 heterocycles. The number of fused-ring (bicyclic) bond motifs is 2. The number of aliphatic hydroxyl groups is 2. The van der Waals surface area contributed by atoms with Crippen molar-refractivity contribution < 1.29 is 43.2 Å². The number of carbonyl (C=O) groups excluding carboxylic acids is 2. The van der Waals surface area contributed by atoms with E-state index < -0.39 is 23.8 Å². The predicted molar refractivity (Wildman–Crippen MR) is 264 cm³/mol. The highest BCUT2D eigenvalue weighted by atomic mass is 19.1. The Balaban J connectivity index is 1.28. The highest BCUT2D eigenvalue weighted by Gasteiger charge is 2.65. The number of rotatable bonds is 23. The lowest BCUT2D eigenvalue weighted by molar-refractivity contribution is -0.258. The molecule has 12 heteroatoms. The van der Waals surface area contributed by atoms with Crippen molar-refractivity contribution >= 4 is 17.7 Å². The van der Waals surface area contributed by atoms with Crippen LogP contribution in [0.25, 0.3) is 0 Å². The zero-order valence-corrected chi connectivity index (χ0v) is 39.7. The van der Waals surface area contributed by atoms with Crippen LogP contribution in [0.3, 0.4) is 0 Å². The minimum absolute atomic E-state index is 0.00697. The van der Waals surface area contributed by atoms with Gasteiger partial charge in [0.2, 0.25) is 11.7 Å². The van der Waals surface area contributed by atoms with Gasteiger partial charge < -0.3 is 39.5 Å². The predicted octanol–water partition coefficient (Wildman–Crippen LogP) is 10.9. The van der Waals surface area contributed by atoms with E-state index in [2.05, 4.69) is 18.0 Å². The number of hydrogen-bond donors (Lipinski definition) is 3. The summed E-state index contributed by atoms with van der Waals surface area (Å²) in [4.78, 5) is 36.8. The number of nitrogens with zero attached hydrogens (tertiary/aromatic N) is 2. The van der Waals surface area contributed by atoms with Crippen LogP contribution in [0.4, 0.5) is 9.18 Å². The number of allylic oxidation sites excluding steroid dienone is 1. The molecule has 4 aromatic rings. The standard InChI is InChI=1S/C57H68FN3O8/c1-2-33-66-57-52(61(38-42-23-26-45(58)27-24-42)53(64)30-25-40-15-9-10-16-40)36-50(60-67-39-43-19-7-4-8-20-43)48-34-44(21-11-13-31-62)47(22-12-14-32-63)54(55(48)57)49-35-46(28-29-51(49)69-57)68-56(65)59-37-41-17-5-3-6-18-41/h2-8,17-20,23-24,26-29,34-35,40,44,47,52,54-55,62-63H,1,9-16,21-22,25,30-33,36-39H2,(H,59,65)/t44-,47+,52-,54+,55+,57+/m0/s1. The van der Waals surface area contributed by atoms with Crippen LogP contribution in [-0.2, 0) is 34.1 Å². The monoisotopic (exact) mass is 941 g/mol. The number of benzene rings is 4. The zero-order chi connectivity index (χ0) is 48.0. The first kappa shape index (κ1) is 49.6. The molecule has 0 unspecified atom stereocenters. The Labute approximate surface area is 406 Å². The highest BCUT2D eigenvalue weighted by molar-refractivity contribution is 6.03. The Hall–Kier alpha value is -5.82. The van der Waals surface area contributed by atoms with Crippen LogP contribution in [0.5, 0.6) is 11.5 Å². The molecule has 366 valence electrons. The van der Waals surface area contributed by atoms with Crippen LogP contribution in [0.1, 0.15) is 112 Å². The number of ether oxygens (including phenoxy) is 3. The van der Waals surface area contributed by atoms with Gasteiger partial charge >= 0.3 is 6.09 Å². The average Bonchev–Trinajstić information content (AvgIpc) is 3.90. The highest BCUT2D eigenvalue weighted by Crippen LogP contribution is 2.62. The second-order valence-corrected chi connectivity index (χ2v) is 19.1. The van der Waals surface area contributed by atoms with Gasteiger partial charge in [-0.1, -0.05) is 129 Å². The Bertz CT molecular complexity index is 2370. The summed E-state index contributed by atoms with van der Waals surface area (Å²) in [6, 6.07) is 30.5. The minimum Gasteiger partial charge on any atom is -0.459 e. The number of unbranched alkanes of at least 4 members (excludes halogenated alkanes) is 2. The van der Waals surface area contributed by atoms with Gasteiger partial charge in [0.15, 0.2) is 0 Å². The first-order chi connectivity index (χ1) is 33.8. The lowest BCUT2D eigenvalue weighted by Gasteiger charge is -2.60. The Morgan fingerprint density at radius 3 is 2.29 bits per heavy atom. The van der Waals surface area contributed by atoms with Crippen molar-refractivity contribution in [3.05, 3.63) is 156 Å². The third kappa shape index (κ3) is 12.1. The van der Waals surface area contributed by atoms with Crippen molar-refractivity contribution in [2.75, 3.05) is 19.8 Å². The first-order valence-corrected chi connectivity index (χ1v) is 25.1. The van der Waals surface area contributed by atoms with Gasteiger partial charge in [0.25, 0.3) is 0 Å². The fourth-order valence-electron chi connectivity index (χ4n) is 11.3. The van der Waals surface area contributed by atoms with Crippen LogP contribution in [0, 0.1) is 29.5 Å². The van der Waals surface area contributed by atoms with E-state index in [4.69, 9.17) is 24.2 Å². The Morgan fingerprint density at radius 2 is 1.58 bits per heavy atom. The van der Waals surface area contributed by atoms with E-state index in [1.54, 1.807) is 24.3 Å². The minimum atomic E-state index is -1.49. The first-order valence-electron chi connectivity index (χ1n) is 25.1. The van der Waals surface area contributed by atoms with Gasteiger partial charge in [0.1, 0.15) is 30.0 Å². The normalized spacial score (nSPS) is 23.3. The maximum atomic E-state index is 15.2. The molecule has 2 saturated carbocycles. The van der Waals surface area contributed by atoms with Crippen molar-refractivity contribution in [3.63, 3.8) is 0 Å². The van der Waals surface area contributed by atoms with Gasteiger partial charge in [-0.05, 0) is 102 Å². The van der Waals surface area contributed by atoms with Crippen LogP contribution < -0.4 is 14.8 Å². The number of halogens is 1. The molecule has 69 heavy (non-hydrogen) atoms. The van der Waals surface area contributed by atoms with E-state index in [-0.39, 0.29) is 68.9 Å². The SMILES string of the molecule is C=CCO[C@@]12Oc3ccc(OC(=O)NCc4ccccc4)cc3[C@H]3[C@H](CCCCO)[C@@H](CCCCO)C=C(C(=NOCc4ccccc4)C[C@@H]1N(Cc1ccc(F)cc1)C(=O)CCC1CCCC1)[C@H]32. The second kappa shape index (κ2) is 24.1. The molecule has 2 fully saturated rings. The van der Waals surface area contributed by atoms with Crippen molar-refractivity contribution in [3.8, 4) is 11.5 Å². The molecule has 3 N–H and O–H groups in total. The molecule has 4 aromatic carbocycles. The summed E-state index contributed by atoms with van der Waals surface area (Å²) in [6.45, 7) is 5.01. The number of oxime groups is 1. The largest absolute Gasteiger partial charge is 0.459 e. The van der Waals surface area contributed by atoms with Crippen molar-refractivity contribution in [2.24, 2.45) is 28.8 Å². The van der Waals surface area contributed by atoms with E-state index in [1.807, 2.05) is 77.7 Å². The fraction of sp³-hybridized carbons (Fsp3) is 0.456. The third-order valence-electron chi connectivity index (χ3n) is 14.6. The van der Waals surface area contributed by atoms with Crippen LogP contribution >= 0.6 is 0 Å². The van der Waals surface area contributed by atoms with Crippen molar-refractivity contribution in [2.45, 2.75) is 121 Å². The second-order valence-electron chi connectivity index (χ2n) is 19.1. The summed E-state index contributed by atoms with van der Waals surface area (Å²) in [6.07, 6.45) is 13.6. The molecule has 8 rings (SSSR count). The van der Waals surface area contributed by atoms with Crippen LogP contribution in [0.15, 0.2) is 133 Å². The van der Waals surface area contributed by atoms with E-state index >= 15 is 4.79 Å². The van der Waals surface area contributed by atoms with Gasteiger partial charge in [-0.25, -0.2) is 9.18 Å². The van der Waals surface area contributed by atoms with Gasteiger partial charge in [0.05, 0.1) is 18.2 Å². The average molecular weight is 942 g/mol. The molecule has 0 aromatic heterocycles. The van der Waals surface area contributed by atoms with Crippen molar-refractivity contribution in [1.29, 1.82) is 0 Å². The number of nitrogens with one attached hydrogen (secondary N) is 1. The molecule has 0 spiro atoms. The third-order valence-corrected chi connectivity index (χ3v) is 14.6. The summed E-state index contributed by atoms with van der Waals surface area (Å²) in [7, 11) is 0. The van der Waals surface area contributed by atoms with Gasteiger partial charge in [-0.3, -0.25) is 4.79 Å². The summed E-state index contributed by atoms with van der Waals surface area (Å²) >= 11 is 0. The van der Waals surface area contributed by atoms with Gasteiger partial charge in [-0.2, -0.15) is 0 Å². The lowest BCUT2D eigenvalue weighted by Crippen LogP contribution is -2.70. The number of carbonyl (C=O) groups is 2. The summed E-state index contributed by atoms with van der Waals surface area (Å²) in [5.41, 5.74) is 5.07. The topological polar surface area (TPSA) is 139 Å².